The predicted molar refractivity (Wildman–Crippen MR) is 106 cm³/mol. The van der Waals surface area contributed by atoms with Gasteiger partial charge >= 0.3 is 6.09 Å². The highest BCUT2D eigenvalue weighted by atomic mass is 32.2. The first-order valence-corrected chi connectivity index (χ1v) is 11.0. The first-order valence-electron chi connectivity index (χ1n) is 9.19. The van der Waals surface area contributed by atoms with Gasteiger partial charge < -0.3 is 14.7 Å². The van der Waals surface area contributed by atoms with Gasteiger partial charge in [0.15, 0.2) is 0 Å². The number of carboxylic acid groups (broad SMARTS) is 1. The summed E-state index contributed by atoms with van der Waals surface area (Å²) in [7, 11) is -3.70. The third-order valence-corrected chi connectivity index (χ3v) is 5.65. The lowest BCUT2D eigenvalue weighted by Crippen LogP contribution is -2.58. The van der Waals surface area contributed by atoms with Crippen molar-refractivity contribution >= 4 is 16.2 Å². The quantitative estimate of drug-likeness (QED) is 0.685. The topological polar surface area (TPSA) is 106 Å². The molecular weight excluding hydrogens is 396 g/mol. The SMILES string of the molecule is CS(=O)(=O)OC[C@]1(c2ccccn2)CCN(C(=O)O)C[C@@H]1OCc1ccccc1. The van der Waals surface area contributed by atoms with Crippen molar-refractivity contribution in [2.24, 2.45) is 0 Å². The minimum absolute atomic E-state index is 0.0891. The molecule has 0 aliphatic carbocycles. The molecule has 1 fully saturated rings. The molecule has 0 radical (unpaired) electrons. The average Bonchev–Trinajstić information content (AvgIpc) is 2.71. The van der Waals surface area contributed by atoms with E-state index in [-0.39, 0.29) is 26.3 Å². The summed E-state index contributed by atoms with van der Waals surface area (Å²) in [6, 6.07) is 14.9. The molecule has 1 aromatic carbocycles. The minimum Gasteiger partial charge on any atom is -0.465 e. The van der Waals surface area contributed by atoms with Crippen molar-refractivity contribution in [3.63, 3.8) is 0 Å². The summed E-state index contributed by atoms with van der Waals surface area (Å²) in [6.07, 6.45) is 1.26. The van der Waals surface area contributed by atoms with Gasteiger partial charge in [0.2, 0.25) is 0 Å². The van der Waals surface area contributed by atoms with Crippen molar-refractivity contribution in [3.05, 3.63) is 66.0 Å². The van der Waals surface area contributed by atoms with Crippen LogP contribution < -0.4 is 0 Å². The number of hydrogen-bond acceptors (Lipinski definition) is 6. The first kappa shape index (κ1) is 21.2. The summed E-state index contributed by atoms with van der Waals surface area (Å²) in [5, 5.41) is 9.47. The summed E-state index contributed by atoms with van der Waals surface area (Å²) in [5.74, 6) is 0. The number of ether oxygens (including phenoxy) is 1. The summed E-state index contributed by atoms with van der Waals surface area (Å²) in [5.41, 5.74) is 0.649. The van der Waals surface area contributed by atoms with E-state index in [0.717, 1.165) is 11.8 Å². The Kier molecular flexibility index (Phi) is 6.51. The molecule has 1 N–H and O–H groups in total. The van der Waals surface area contributed by atoms with Gasteiger partial charge in [0.25, 0.3) is 10.1 Å². The Morgan fingerprint density at radius 3 is 2.59 bits per heavy atom. The Bertz CT molecular complexity index is 923. The zero-order valence-corrected chi connectivity index (χ0v) is 16.9. The Morgan fingerprint density at radius 1 is 1.24 bits per heavy atom. The van der Waals surface area contributed by atoms with Crippen LogP contribution in [-0.4, -0.2) is 61.6 Å². The number of hydrogen-bond donors (Lipinski definition) is 1. The molecule has 8 nitrogen and oxygen atoms in total. The fraction of sp³-hybridized carbons (Fsp3) is 0.400. The molecule has 156 valence electrons. The normalized spacial score (nSPS) is 22.4. The van der Waals surface area contributed by atoms with Crippen LogP contribution in [0.4, 0.5) is 4.79 Å². The van der Waals surface area contributed by atoms with Crippen LogP contribution in [0.2, 0.25) is 0 Å². The lowest BCUT2D eigenvalue weighted by atomic mass is 9.73. The third kappa shape index (κ3) is 5.31. The molecule has 29 heavy (non-hydrogen) atoms. The number of likely N-dealkylation sites (tertiary alicyclic amines) is 1. The Balaban J connectivity index is 1.95. The van der Waals surface area contributed by atoms with Crippen molar-refractivity contribution in [2.45, 2.75) is 24.5 Å². The van der Waals surface area contributed by atoms with Crippen LogP contribution in [-0.2, 0) is 31.1 Å². The van der Waals surface area contributed by atoms with Crippen LogP contribution in [0.15, 0.2) is 54.7 Å². The number of piperidine rings is 1. The Morgan fingerprint density at radius 2 is 1.97 bits per heavy atom. The second-order valence-electron chi connectivity index (χ2n) is 7.10. The molecule has 2 atom stereocenters. The van der Waals surface area contributed by atoms with E-state index in [1.54, 1.807) is 18.3 Å². The van der Waals surface area contributed by atoms with Crippen molar-refractivity contribution in [3.8, 4) is 0 Å². The smallest absolute Gasteiger partial charge is 0.407 e. The molecule has 0 spiro atoms. The number of aromatic nitrogens is 1. The summed E-state index contributed by atoms with van der Waals surface area (Å²) in [6.45, 7) is 0.401. The highest BCUT2D eigenvalue weighted by Crippen LogP contribution is 2.38. The highest BCUT2D eigenvalue weighted by Gasteiger charge is 2.48. The first-order chi connectivity index (χ1) is 13.8. The van der Waals surface area contributed by atoms with E-state index in [1.165, 1.54) is 4.90 Å². The number of carbonyl (C=O) groups is 1. The maximum absolute atomic E-state index is 11.7. The molecule has 1 aliphatic rings. The average molecular weight is 420 g/mol. The van der Waals surface area contributed by atoms with Crippen LogP contribution in [0.1, 0.15) is 17.7 Å². The van der Waals surface area contributed by atoms with Gasteiger partial charge in [-0.1, -0.05) is 36.4 Å². The number of rotatable bonds is 7. The molecule has 3 rings (SSSR count). The van der Waals surface area contributed by atoms with Crippen molar-refractivity contribution in [1.82, 2.24) is 9.88 Å². The zero-order valence-electron chi connectivity index (χ0n) is 16.1. The summed E-state index contributed by atoms with van der Waals surface area (Å²) >= 11 is 0. The van der Waals surface area contributed by atoms with E-state index in [4.69, 9.17) is 8.92 Å². The van der Waals surface area contributed by atoms with E-state index >= 15 is 0 Å². The second-order valence-corrected chi connectivity index (χ2v) is 8.75. The van der Waals surface area contributed by atoms with Crippen molar-refractivity contribution in [2.75, 3.05) is 26.0 Å². The molecule has 0 unspecified atom stereocenters. The Labute approximate surface area is 170 Å². The molecule has 1 aromatic heterocycles. The van der Waals surface area contributed by atoms with Crippen molar-refractivity contribution in [1.29, 1.82) is 0 Å². The molecule has 1 aliphatic heterocycles. The van der Waals surface area contributed by atoms with Crippen LogP contribution in [0.5, 0.6) is 0 Å². The largest absolute Gasteiger partial charge is 0.465 e. The van der Waals surface area contributed by atoms with Crippen LogP contribution in [0.25, 0.3) is 0 Å². The highest BCUT2D eigenvalue weighted by molar-refractivity contribution is 7.85. The molecule has 9 heteroatoms. The van der Waals surface area contributed by atoms with Gasteiger partial charge in [-0.3, -0.25) is 9.17 Å². The number of pyridine rings is 1. The van der Waals surface area contributed by atoms with Gasteiger partial charge in [-0.05, 0) is 24.1 Å². The maximum Gasteiger partial charge on any atom is 0.407 e. The number of amides is 1. The lowest BCUT2D eigenvalue weighted by molar-refractivity contribution is -0.0717. The van der Waals surface area contributed by atoms with E-state index < -0.39 is 27.7 Å². The predicted octanol–water partition coefficient (Wildman–Crippen LogP) is 2.26. The molecule has 1 amide bonds. The third-order valence-electron chi connectivity index (χ3n) is 5.10. The van der Waals surface area contributed by atoms with Crippen LogP contribution in [0, 0.1) is 0 Å². The van der Waals surface area contributed by atoms with Gasteiger partial charge in [-0.25, -0.2) is 4.79 Å². The zero-order chi connectivity index (χ0) is 20.9. The van der Waals surface area contributed by atoms with E-state index in [2.05, 4.69) is 4.98 Å². The standard InChI is InChI=1S/C20H24N2O6S/c1-29(25,26)28-15-20(17-9-5-6-11-21-17)10-12-22(19(23)24)13-18(20)27-14-16-7-3-2-4-8-16/h2-9,11,18H,10,12-15H2,1H3,(H,23,24)/t18-,20-/m0/s1. The summed E-state index contributed by atoms with van der Waals surface area (Å²) in [4.78, 5) is 17.3. The van der Waals surface area contributed by atoms with Crippen LogP contribution >= 0.6 is 0 Å². The van der Waals surface area contributed by atoms with E-state index in [1.807, 2.05) is 36.4 Å². The molecule has 2 heterocycles. The molecule has 0 bridgehead atoms. The fourth-order valence-corrected chi connectivity index (χ4v) is 3.94. The van der Waals surface area contributed by atoms with E-state index in [0.29, 0.717) is 12.1 Å². The molecule has 1 saturated heterocycles. The molecule has 0 saturated carbocycles. The van der Waals surface area contributed by atoms with Gasteiger partial charge in [0, 0.05) is 12.7 Å². The molecule has 2 aromatic rings. The monoisotopic (exact) mass is 420 g/mol. The van der Waals surface area contributed by atoms with Gasteiger partial charge in [0.1, 0.15) is 0 Å². The number of nitrogens with zero attached hydrogens (tertiary/aromatic N) is 2. The van der Waals surface area contributed by atoms with Gasteiger partial charge in [0.05, 0.1) is 43.2 Å². The van der Waals surface area contributed by atoms with Gasteiger partial charge in [-0.2, -0.15) is 8.42 Å². The summed E-state index contributed by atoms with van der Waals surface area (Å²) < 4.78 is 34.8. The maximum atomic E-state index is 11.7. The Hall–Kier alpha value is -2.49. The second kappa shape index (κ2) is 8.89. The van der Waals surface area contributed by atoms with Crippen LogP contribution in [0.3, 0.4) is 0 Å². The lowest BCUT2D eigenvalue weighted by Gasteiger charge is -2.46. The van der Waals surface area contributed by atoms with Crippen molar-refractivity contribution < 1.29 is 27.2 Å². The fourth-order valence-electron chi connectivity index (χ4n) is 3.52. The number of benzene rings is 1. The van der Waals surface area contributed by atoms with E-state index in [9.17, 15) is 18.3 Å². The van der Waals surface area contributed by atoms with Gasteiger partial charge in [-0.15, -0.1) is 0 Å². The minimum atomic E-state index is -3.70. The molecular formula is C20H24N2O6S.